The molecule has 0 saturated carbocycles. The molecule has 1 aliphatic rings. The van der Waals surface area contributed by atoms with Gasteiger partial charge in [0, 0.05) is 32.7 Å². The van der Waals surface area contributed by atoms with Gasteiger partial charge in [0.1, 0.15) is 0 Å². The summed E-state index contributed by atoms with van der Waals surface area (Å²) in [4.78, 5) is 14.2. The van der Waals surface area contributed by atoms with Crippen LogP contribution in [0.2, 0.25) is 0 Å². The van der Waals surface area contributed by atoms with Gasteiger partial charge in [-0.05, 0) is 18.5 Å². The third-order valence-electron chi connectivity index (χ3n) is 3.52. The summed E-state index contributed by atoms with van der Waals surface area (Å²) in [7, 11) is 0. The molecule has 2 rings (SSSR count). The van der Waals surface area contributed by atoms with Gasteiger partial charge in [-0.1, -0.05) is 30.3 Å². The van der Waals surface area contributed by atoms with Crippen molar-refractivity contribution in [3.05, 3.63) is 35.9 Å². The summed E-state index contributed by atoms with van der Waals surface area (Å²) in [6.45, 7) is 5.81. The maximum atomic E-state index is 11.8. The van der Waals surface area contributed by atoms with Crippen LogP contribution in [0.4, 0.5) is 0 Å². The Kier molecular flexibility index (Phi) is 5.98. The van der Waals surface area contributed by atoms with E-state index in [1.54, 1.807) is 12.1 Å². The first-order valence-corrected chi connectivity index (χ1v) is 7.21. The Hall–Kier alpha value is -1.43. The fourth-order valence-electron chi connectivity index (χ4n) is 2.33. The molecule has 0 radical (unpaired) electrons. The number of aliphatic hydroxyl groups is 1. The second kappa shape index (κ2) is 7.99. The SMILES string of the molecule is O=C(NCCCN1CCNCC1)C(O)c1ccccc1. The average Bonchev–Trinajstić information content (AvgIpc) is 2.52. The fraction of sp³-hybridized carbons (Fsp3) is 0.533. The lowest BCUT2D eigenvalue weighted by atomic mass is 10.1. The highest BCUT2D eigenvalue weighted by Crippen LogP contribution is 2.11. The van der Waals surface area contributed by atoms with Crippen molar-refractivity contribution in [3.8, 4) is 0 Å². The normalized spacial score (nSPS) is 17.6. The molecular formula is C15H23N3O2. The third-order valence-corrected chi connectivity index (χ3v) is 3.52. The van der Waals surface area contributed by atoms with Gasteiger partial charge < -0.3 is 20.6 Å². The van der Waals surface area contributed by atoms with Crippen molar-refractivity contribution in [2.24, 2.45) is 0 Å². The molecule has 0 aromatic heterocycles. The van der Waals surface area contributed by atoms with Crippen LogP contribution in [0.1, 0.15) is 18.1 Å². The summed E-state index contributed by atoms with van der Waals surface area (Å²) in [6, 6.07) is 9.00. The summed E-state index contributed by atoms with van der Waals surface area (Å²) >= 11 is 0. The molecule has 1 heterocycles. The van der Waals surface area contributed by atoms with Crippen molar-refractivity contribution in [2.45, 2.75) is 12.5 Å². The lowest BCUT2D eigenvalue weighted by molar-refractivity contribution is -0.129. The van der Waals surface area contributed by atoms with Gasteiger partial charge in [-0.2, -0.15) is 0 Å². The van der Waals surface area contributed by atoms with Gasteiger partial charge in [-0.15, -0.1) is 0 Å². The first-order valence-electron chi connectivity index (χ1n) is 7.21. The van der Waals surface area contributed by atoms with Crippen LogP contribution in [0, 0.1) is 0 Å². The zero-order chi connectivity index (χ0) is 14.2. The molecule has 5 heteroatoms. The van der Waals surface area contributed by atoms with Gasteiger partial charge in [0.25, 0.3) is 5.91 Å². The van der Waals surface area contributed by atoms with Crippen molar-refractivity contribution < 1.29 is 9.90 Å². The summed E-state index contributed by atoms with van der Waals surface area (Å²) in [5, 5.41) is 16.0. The first-order chi connectivity index (χ1) is 9.77. The molecule has 0 bridgehead atoms. The van der Waals surface area contributed by atoms with Crippen LogP contribution in [0.15, 0.2) is 30.3 Å². The minimum atomic E-state index is -1.07. The van der Waals surface area contributed by atoms with Gasteiger partial charge in [-0.25, -0.2) is 0 Å². The van der Waals surface area contributed by atoms with Crippen LogP contribution >= 0.6 is 0 Å². The van der Waals surface area contributed by atoms with E-state index in [2.05, 4.69) is 15.5 Å². The molecule has 110 valence electrons. The zero-order valence-corrected chi connectivity index (χ0v) is 11.7. The smallest absolute Gasteiger partial charge is 0.253 e. The predicted octanol–water partition coefficient (Wildman–Crippen LogP) is 0.132. The summed E-state index contributed by atoms with van der Waals surface area (Å²) in [5.41, 5.74) is 0.632. The van der Waals surface area contributed by atoms with Crippen molar-refractivity contribution in [3.63, 3.8) is 0 Å². The largest absolute Gasteiger partial charge is 0.378 e. The maximum absolute atomic E-state index is 11.8. The average molecular weight is 277 g/mol. The van der Waals surface area contributed by atoms with Crippen LogP contribution in [0.3, 0.4) is 0 Å². The van der Waals surface area contributed by atoms with Gasteiger partial charge in [-0.3, -0.25) is 4.79 Å². The number of piperazine rings is 1. The highest BCUT2D eigenvalue weighted by Gasteiger charge is 2.16. The molecule has 1 aliphatic heterocycles. The number of amides is 1. The van der Waals surface area contributed by atoms with E-state index in [0.29, 0.717) is 12.1 Å². The molecule has 1 saturated heterocycles. The van der Waals surface area contributed by atoms with Gasteiger partial charge in [0.2, 0.25) is 0 Å². The molecule has 1 atom stereocenters. The monoisotopic (exact) mass is 277 g/mol. The first kappa shape index (κ1) is 15.0. The van der Waals surface area contributed by atoms with E-state index < -0.39 is 6.10 Å². The van der Waals surface area contributed by atoms with Crippen LogP contribution in [-0.4, -0.2) is 55.2 Å². The van der Waals surface area contributed by atoms with E-state index in [0.717, 1.165) is 39.1 Å². The number of benzene rings is 1. The van der Waals surface area contributed by atoms with Crippen molar-refractivity contribution in [1.29, 1.82) is 0 Å². The van der Waals surface area contributed by atoms with Crippen molar-refractivity contribution >= 4 is 5.91 Å². The predicted molar refractivity (Wildman–Crippen MR) is 78.3 cm³/mol. The number of hydrogen-bond donors (Lipinski definition) is 3. The molecule has 3 N–H and O–H groups in total. The Bertz CT molecular complexity index is 405. The minimum absolute atomic E-state index is 0.323. The molecular weight excluding hydrogens is 254 g/mol. The number of hydrogen-bond acceptors (Lipinski definition) is 4. The molecule has 0 aliphatic carbocycles. The molecule has 1 fully saturated rings. The van der Waals surface area contributed by atoms with E-state index >= 15 is 0 Å². The van der Waals surface area contributed by atoms with Crippen molar-refractivity contribution in [2.75, 3.05) is 39.3 Å². The van der Waals surface area contributed by atoms with Gasteiger partial charge in [0.15, 0.2) is 6.10 Å². The quantitative estimate of drug-likeness (QED) is 0.647. The van der Waals surface area contributed by atoms with Crippen LogP contribution in [0.5, 0.6) is 0 Å². The second-order valence-electron chi connectivity index (χ2n) is 5.05. The van der Waals surface area contributed by atoms with E-state index in [-0.39, 0.29) is 5.91 Å². The highest BCUT2D eigenvalue weighted by atomic mass is 16.3. The number of carbonyl (C=O) groups excluding carboxylic acids is 1. The van der Waals surface area contributed by atoms with Crippen molar-refractivity contribution in [1.82, 2.24) is 15.5 Å². The number of carbonyl (C=O) groups is 1. The Morgan fingerprint density at radius 3 is 2.70 bits per heavy atom. The Morgan fingerprint density at radius 2 is 2.00 bits per heavy atom. The molecule has 0 spiro atoms. The van der Waals surface area contributed by atoms with Crippen LogP contribution in [0.25, 0.3) is 0 Å². The fourth-order valence-corrected chi connectivity index (χ4v) is 2.33. The number of aliphatic hydroxyl groups excluding tert-OH is 1. The van der Waals surface area contributed by atoms with Crippen LogP contribution < -0.4 is 10.6 Å². The summed E-state index contributed by atoms with van der Waals surface area (Å²) in [6.07, 6.45) is -0.164. The molecule has 1 amide bonds. The van der Waals surface area contributed by atoms with Gasteiger partial charge >= 0.3 is 0 Å². The van der Waals surface area contributed by atoms with E-state index in [4.69, 9.17) is 0 Å². The van der Waals surface area contributed by atoms with Gasteiger partial charge in [0.05, 0.1) is 0 Å². The Labute approximate surface area is 120 Å². The highest BCUT2D eigenvalue weighted by molar-refractivity contribution is 5.81. The Balaban J connectivity index is 1.64. The third kappa shape index (κ3) is 4.59. The second-order valence-corrected chi connectivity index (χ2v) is 5.05. The summed E-state index contributed by atoms with van der Waals surface area (Å²) < 4.78 is 0. The van der Waals surface area contributed by atoms with E-state index in [9.17, 15) is 9.90 Å². The zero-order valence-electron chi connectivity index (χ0n) is 11.7. The molecule has 1 aromatic carbocycles. The number of nitrogens with zero attached hydrogens (tertiary/aromatic N) is 1. The topological polar surface area (TPSA) is 64.6 Å². The van der Waals surface area contributed by atoms with E-state index in [1.165, 1.54) is 0 Å². The van der Waals surface area contributed by atoms with E-state index in [1.807, 2.05) is 18.2 Å². The Morgan fingerprint density at radius 1 is 1.30 bits per heavy atom. The maximum Gasteiger partial charge on any atom is 0.253 e. The summed E-state index contributed by atoms with van der Waals surface area (Å²) in [5.74, 6) is -0.323. The standard InChI is InChI=1S/C15H23N3O2/c19-14(13-5-2-1-3-6-13)15(20)17-7-4-10-18-11-8-16-9-12-18/h1-3,5-6,14,16,19H,4,7-12H2,(H,17,20). The molecule has 5 nitrogen and oxygen atoms in total. The minimum Gasteiger partial charge on any atom is -0.378 e. The molecule has 20 heavy (non-hydrogen) atoms. The molecule has 1 aromatic rings. The molecule has 1 unspecified atom stereocenters. The lowest BCUT2D eigenvalue weighted by Gasteiger charge is -2.27. The number of nitrogens with one attached hydrogen (secondary N) is 2. The number of rotatable bonds is 6. The lowest BCUT2D eigenvalue weighted by Crippen LogP contribution is -2.44. The van der Waals surface area contributed by atoms with Crippen LogP contribution in [-0.2, 0) is 4.79 Å².